The van der Waals surface area contributed by atoms with Crippen molar-refractivity contribution in [3.63, 3.8) is 0 Å². The predicted molar refractivity (Wildman–Crippen MR) is 83.8 cm³/mol. The van der Waals surface area contributed by atoms with E-state index in [1.54, 1.807) is 12.1 Å². The van der Waals surface area contributed by atoms with Crippen molar-refractivity contribution in [1.82, 2.24) is 4.90 Å². The number of nitrogens with two attached hydrogens (primary N) is 1. The molecule has 1 amide bonds. The van der Waals surface area contributed by atoms with Crippen molar-refractivity contribution in [1.29, 1.82) is 0 Å². The molecule has 0 spiro atoms. The summed E-state index contributed by atoms with van der Waals surface area (Å²) in [6, 6.07) is 3.34. The fourth-order valence-corrected chi connectivity index (χ4v) is 3.07. The van der Waals surface area contributed by atoms with E-state index >= 15 is 0 Å². The molecule has 4 nitrogen and oxygen atoms in total. The number of nitrogens with zero attached hydrogens (tertiary/aromatic N) is 1. The summed E-state index contributed by atoms with van der Waals surface area (Å²) in [5.74, 6) is -0.147. The first kappa shape index (κ1) is 15.9. The molecule has 1 aromatic carbocycles. The molecule has 1 aromatic rings. The van der Waals surface area contributed by atoms with E-state index in [1.165, 1.54) is 0 Å². The van der Waals surface area contributed by atoms with Gasteiger partial charge < -0.3 is 11.1 Å². The van der Waals surface area contributed by atoms with Gasteiger partial charge in [0.1, 0.15) is 0 Å². The molecule has 110 valence electrons. The molecule has 1 aliphatic rings. The van der Waals surface area contributed by atoms with Crippen LogP contribution in [0.3, 0.4) is 0 Å². The minimum Gasteiger partial charge on any atom is -0.328 e. The zero-order valence-electron chi connectivity index (χ0n) is 10.8. The van der Waals surface area contributed by atoms with Gasteiger partial charge in [-0.3, -0.25) is 9.69 Å². The Labute approximate surface area is 133 Å². The summed E-state index contributed by atoms with van der Waals surface area (Å²) in [7, 11) is 0. The van der Waals surface area contributed by atoms with Gasteiger partial charge in [-0.05, 0) is 25.0 Å². The first-order valence-electron chi connectivity index (χ1n) is 6.38. The quantitative estimate of drug-likeness (QED) is 0.892. The fourth-order valence-electron chi connectivity index (χ4n) is 2.15. The standard InChI is InChI=1S/C13H16Cl3N3O/c14-8-5-10(15)13(11(16)6-8)18-12(20)7-19-3-1-9(17)2-4-19/h5-6,9H,1-4,7,17H2,(H,18,20). The fraction of sp³-hybridized carbons (Fsp3) is 0.462. The number of hydrogen-bond donors (Lipinski definition) is 2. The van der Waals surface area contributed by atoms with Gasteiger partial charge in [0.2, 0.25) is 5.91 Å². The lowest BCUT2D eigenvalue weighted by Gasteiger charge is -2.29. The van der Waals surface area contributed by atoms with Crippen molar-refractivity contribution in [2.45, 2.75) is 18.9 Å². The smallest absolute Gasteiger partial charge is 0.238 e. The summed E-state index contributed by atoms with van der Waals surface area (Å²) in [5.41, 5.74) is 6.23. The minimum atomic E-state index is -0.147. The van der Waals surface area contributed by atoms with Crippen LogP contribution in [0.2, 0.25) is 15.1 Å². The Balaban J connectivity index is 1.95. The number of amides is 1. The van der Waals surface area contributed by atoms with Crippen LogP contribution in [0, 0.1) is 0 Å². The van der Waals surface area contributed by atoms with Crippen LogP contribution in [-0.2, 0) is 4.79 Å². The zero-order valence-corrected chi connectivity index (χ0v) is 13.1. The highest BCUT2D eigenvalue weighted by molar-refractivity contribution is 6.42. The molecule has 0 aromatic heterocycles. The summed E-state index contributed by atoms with van der Waals surface area (Å²) in [6.07, 6.45) is 1.82. The molecule has 0 aliphatic carbocycles. The number of halogens is 3. The normalized spacial score (nSPS) is 17.2. The third kappa shape index (κ3) is 4.24. The Hall–Kier alpha value is -0.520. The SMILES string of the molecule is NC1CCN(CC(=O)Nc2c(Cl)cc(Cl)cc2Cl)CC1. The van der Waals surface area contributed by atoms with Crippen LogP contribution in [0.1, 0.15) is 12.8 Å². The molecular formula is C13H16Cl3N3O. The maximum atomic E-state index is 12.0. The number of piperidine rings is 1. The zero-order chi connectivity index (χ0) is 14.7. The Kier molecular flexibility index (Phi) is 5.52. The van der Waals surface area contributed by atoms with E-state index in [1.807, 2.05) is 0 Å². The molecule has 3 N–H and O–H groups in total. The first-order valence-corrected chi connectivity index (χ1v) is 7.51. The molecule has 0 bridgehead atoms. The van der Waals surface area contributed by atoms with E-state index < -0.39 is 0 Å². The number of benzene rings is 1. The lowest BCUT2D eigenvalue weighted by atomic mass is 10.1. The Morgan fingerprint density at radius 2 is 1.80 bits per heavy atom. The average molecular weight is 337 g/mol. The second-order valence-electron chi connectivity index (χ2n) is 4.91. The van der Waals surface area contributed by atoms with Crippen molar-refractivity contribution in [3.8, 4) is 0 Å². The average Bonchev–Trinajstić information content (AvgIpc) is 2.36. The molecule has 20 heavy (non-hydrogen) atoms. The van der Waals surface area contributed by atoms with E-state index in [9.17, 15) is 4.79 Å². The van der Waals surface area contributed by atoms with Gasteiger partial charge in [-0.2, -0.15) is 0 Å². The number of hydrogen-bond acceptors (Lipinski definition) is 3. The third-order valence-corrected chi connectivity index (χ3v) is 4.09. The Morgan fingerprint density at radius 1 is 1.25 bits per heavy atom. The minimum absolute atomic E-state index is 0.147. The summed E-state index contributed by atoms with van der Waals surface area (Å²) >= 11 is 17.9. The van der Waals surface area contributed by atoms with Gasteiger partial charge in [0, 0.05) is 24.2 Å². The molecule has 1 fully saturated rings. The lowest BCUT2D eigenvalue weighted by Crippen LogP contribution is -2.43. The van der Waals surface area contributed by atoms with Gasteiger partial charge in [0.05, 0.1) is 22.3 Å². The summed E-state index contributed by atoms with van der Waals surface area (Å²) < 4.78 is 0. The van der Waals surface area contributed by atoms with Crippen LogP contribution >= 0.6 is 34.8 Å². The van der Waals surface area contributed by atoms with E-state index in [0.717, 1.165) is 25.9 Å². The number of carbonyl (C=O) groups excluding carboxylic acids is 1. The van der Waals surface area contributed by atoms with Gasteiger partial charge >= 0.3 is 0 Å². The lowest BCUT2D eigenvalue weighted by molar-refractivity contribution is -0.117. The number of nitrogens with one attached hydrogen (secondary N) is 1. The van der Waals surface area contributed by atoms with Gasteiger partial charge in [0.15, 0.2) is 0 Å². The molecule has 1 saturated heterocycles. The van der Waals surface area contributed by atoms with E-state index in [2.05, 4.69) is 10.2 Å². The molecule has 1 heterocycles. The maximum Gasteiger partial charge on any atom is 0.238 e. The summed E-state index contributed by atoms with van der Waals surface area (Å²) in [6.45, 7) is 1.97. The highest BCUT2D eigenvalue weighted by Crippen LogP contribution is 2.33. The van der Waals surface area contributed by atoms with E-state index in [-0.39, 0.29) is 11.9 Å². The van der Waals surface area contributed by atoms with Crippen molar-refractivity contribution in [2.75, 3.05) is 25.0 Å². The van der Waals surface area contributed by atoms with Crippen LogP contribution in [0.5, 0.6) is 0 Å². The second kappa shape index (κ2) is 6.96. The van der Waals surface area contributed by atoms with Crippen molar-refractivity contribution < 1.29 is 4.79 Å². The Morgan fingerprint density at radius 3 is 2.35 bits per heavy atom. The topological polar surface area (TPSA) is 58.4 Å². The van der Waals surface area contributed by atoms with Crippen LogP contribution in [0.4, 0.5) is 5.69 Å². The van der Waals surface area contributed by atoms with Crippen LogP contribution in [0.25, 0.3) is 0 Å². The van der Waals surface area contributed by atoms with E-state index in [0.29, 0.717) is 27.3 Å². The first-order chi connectivity index (χ1) is 9.45. The number of anilines is 1. The highest BCUT2D eigenvalue weighted by atomic mass is 35.5. The van der Waals surface area contributed by atoms with Gasteiger partial charge in [0.25, 0.3) is 0 Å². The number of rotatable bonds is 3. The van der Waals surface area contributed by atoms with Crippen molar-refractivity contribution >= 4 is 46.4 Å². The van der Waals surface area contributed by atoms with Gasteiger partial charge in [-0.1, -0.05) is 34.8 Å². The molecule has 0 radical (unpaired) electrons. The second-order valence-corrected chi connectivity index (χ2v) is 6.16. The largest absolute Gasteiger partial charge is 0.328 e. The molecule has 2 rings (SSSR count). The summed E-state index contributed by atoms with van der Waals surface area (Å²) in [5, 5.41) is 3.82. The number of carbonyl (C=O) groups is 1. The Bertz CT molecular complexity index is 479. The van der Waals surface area contributed by atoms with Crippen molar-refractivity contribution in [3.05, 3.63) is 27.2 Å². The van der Waals surface area contributed by atoms with Crippen LogP contribution in [-0.4, -0.2) is 36.5 Å². The molecular weight excluding hydrogens is 321 g/mol. The highest BCUT2D eigenvalue weighted by Gasteiger charge is 2.19. The maximum absolute atomic E-state index is 12.0. The van der Waals surface area contributed by atoms with E-state index in [4.69, 9.17) is 40.5 Å². The van der Waals surface area contributed by atoms with Gasteiger partial charge in [-0.15, -0.1) is 0 Å². The summed E-state index contributed by atoms with van der Waals surface area (Å²) in [4.78, 5) is 14.1. The predicted octanol–water partition coefficient (Wildman–Crippen LogP) is 3.01. The van der Waals surface area contributed by atoms with Crippen LogP contribution in [0.15, 0.2) is 12.1 Å². The number of likely N-dealkylation sites (tertiary alicyclic amines) is 1. The third-order valence-electron chi connectivity index (χ3n) is 3.27. The van der Waals surface area contributed by atoms with Gasteiger partial charge in [-0.25, -0.2) is 0 Å². The molecule has 1 aliphatic heterocycles. The van der Waals surface area contributed by atoms with Crippen LogP contribution < -0.4 is 11.1 Å². The molecule has 0 unspecified atom stereocenters. The molecule has 0 atom stereocenters. The molecule has 7 heteroatoms. The monoisotopic (exact) mass is 335 g/mol. The van der Waals surface area contributed by atoms with Crippen molar-refractivity contribution in [2.24, 2.45) is 5.73 Å². The molecule has 0 saturated carbocycles.